The van der Waals surface area contributed by atoms with Gasteiger partial charge in [0.15, 0.2) is 0 Å². The first-order valence-electron chi connectivity index (χ1n) is 6.51. The molecular weight excluding hydrogens is 296 g/mol. The molecule has 0 aromatic heterocycles. The molecule has 0 spiro atoms. The lowest BCUT2D eigenvalue weighted by Gasteiger charge is -2.12. The maximum absolute atomic E-state index is 11.8. The van der Waals surface area contributed by atoms with Crippen LogP contribution < -0.4 is 9.47 Å². The Kier molecular flexibility index (Phi) is 4.81. The number of rotatable bonds is 4. The molecule has 0 N–H and O–H groups in total. The van der Waals surface area contributed by atoms with Gasteiger partial charge in [-0.2, -0.15) is 10.5 Å². The summed E-state index contributed by atoms with van der Waals surface area (Å²) in [7, 11) is 2.76. The van der Waals surface area contributed by atoms with Gasteiger partial charge in [0.2, 0.25) is 0 Å². The predicted octanol–water partition coefficient (Wildman–Crippen LogP) is 3.02. The lowest BCUT2D eigenvalue weighted by atomic mass is 10.1. The van der Waals surface area contributed by atoms with Crippen molar-refractivity contribution in [3.05, 3.63) is 53.1 Å². The van der Waals surface area contributed by atoms with E-state index in [0.717, 1.165) is 0 Å². The number of carbonyl (C=O) groups is 1. The van der Waals surface area contributed by atoms with Crippen molar-refractivity contribution in [2.75, 3.05) is 14.2 Å². The molecule has 2 aromatic carbocycles. The first-order valence-corrected chi connectivity index (χ1v) is 6.51. The highest BCUT2D eigenvalue weighted by molar-refractivity contribution is 5.92. The lowest BCUT2D eigenvalue weighted by Crippen LogP contribution is -2.04. The molecule has 6 nitrogen and oxygen atoms in total. The molecule has 0 saturated heterocycles. The third-order valence-corrected chi connectivity index (χ3v) is 3.05. The van der Waals surface area contributed by atoms with Crippen molar-refractivity contribution in [1.29, 1.82) is 10.5 Å². The zero-order valence-electron chi connectivity index (χ0n) is 12.5. The van der Waals surface area contributed by atoms with Crippen molar-refractivity contribution in [3.8, 4) is 29.4 Å². The van der Waals surface area contributed by atoms with Gasteiger partial charge in [0.05, 0.1) is 25.3 Å². The molecule has 0 aliphatic rings. The molecule has 0 bridgehead atoms. The van der Waals surface area contributed by atoms with Gasteiger partial charge in [-0.05, 0) is 30.3 Å². The van der Waals surface area contributed by atoms with Gasteiger partial charge in [-0.1, -0.05) is 0 Å². The maximum atomic E-state index is 11.8. The van der Waals surface area contributed by atoms with Gasteiger partial charge in [0.1, 0.15) is 35.0 Å². The van der Waals surface area contributed by atoms with Crippen LogP contribution in [-0.2, 0) is 4.74 Å². The molecule has 0 heterocycles. The number of nitriles is 2. The van der Waals surface area contributed by atoms with Crippen LogP contribution in [0.1, 0.15) is 21.5 Å². The van der Waals surface area contributed by atoms with Crippen LogP contribution in [0, 0.1) is 22.7 Å². The Hall–Kier alpha value is -3.51. The van der Waals surface area contributed by atoms with Crippen LogP contribution in [0.2, 0.25) is 0 Å². The molecule has 0 aliphatic carbocycles. The summed E-state index contributed by atoms with van der Waals surface area (Å²) in [5, 5.41) is 18.0. The van der Waals surface area contributed by atoms with E-state index < -0.39 is 5.97 Å². The number of nitrogens with zero attached hydrogens (tertiary/aromatic N) is 2. The summed E-state index contributed by atoms with van der Waals surface area (Å²) in [6.45, 7) is 0. The van der Waals surface area contributed by atoms with Gasteiger partial charge in [-0.15, -0.1) is 0 Å². The van der Waals surface area contributed by atoms with E-state index in [0.29, 0.717) is 11.5 Å². The Bertz CT molecular complexity index is 831. The van der Waals surface area contributed by atoms with E-state index >= 15 is 0 Å². The minimum absolute atomic E-state index is 0.188. The molecule has 2 aromatic rings. The van der Waals surface area contributed by atoms with Crippen molar-refractivity contribution in [3.63, 3.8) is 0 Å². The van der Waals surface area contributed by atoms with Gasteiger partial charge < -0.3 is 14.2 Å². The van der Waals surface area contributed by atoms with Crippen LogP contribution in [0.25, 0.3) is 0 Å². The topological polar surface area (TPSA) is 92.3 Å². The van der Waals surface area contributed by atoms with Crippen molar-refractivity contribution >= 4 is 5.97 Å². The van der Waals surface area contributed by atoms with Crippen LogP contribution in [-0.4, -0.2) is 20.2 Å². The summed E-state index contributed by atoms with van der Waals surface area (Å²) < 4.78 is 15.5. The van der Waals surface area contributed by atoms with Crippen LogP contribution in [0.4, 0.5) is 0 Å². The number of carbonyl (C=O) groups excluding carboxylic acids is 1. The summed E-state index contributed by atoms with van der Waals surface area (Å²) in [4.78, 5) is 11.8. The molecular formula is C17H12N2O4. The van der Waals surface area contributed by atoms with Crippen LogP contribution in [0.5, 0.6) is 17.2 Å². The third kappa shape index (κ3) is 3.39. The van der Waals surface area contributed by atoms with E-state index in [9.17, 15) is 4.79 Å². The molecule has 0 unspecified atom stereocenters. The van der Waals surface area contributed by atoms with Crippen molar-refractivity contribution in [2.24, 2.45) is 0 Å². The van der Waals surface area contributed by atoms with Gasteiger partial charge in [-0.25, -0.2) is 4.79 Å². The van der Waals surface area contributed by atoms with Gasteiger partial charge in [-0.3, -0.25) is 0 Å². The normalized spacial score (nSPS) is 9.39. The standard InChI is InChI=1S/C17H12N2O4/c1-21-13-5-6-15(17(20)22-2)16(8-13)23-14-4-3-11(9-18)12(7-14)10-19/h3-8H,1-2H3. The monoisotopic (exact) mass is 308 g/mol. The van der Waals surface area contributed by atoms with E-state index in [2.05, 4.69) is 0 Å². The third-order valence-electron chi connectivity index (χ3n) is 3.05. The lowest BCUT2D eigenvalue weighted by molar-refractivity contribution is 0.0598. The second-order valence-electron chi connectivity index (χ2n) is 4.39. The van der Waals surface area contributed by atoms with E-state index in [-0.39, 0.29) is 22.4 Å². The summed E-state index contributed by atoms with van der Waals surface area (Å²) in [6.07, 6.45) is 0. The Balaban J connectivity index is 2.45. The number of hydrogen-bond acceptors (Lipinski definition) is 6. The number of methoxy groups -OCH3 is 2. The molecule has 0 atom stereocenters. The first kappa shape index (κ1) is 15.9. The molecule has 114 valence electrons. The average Bonchev–Trinajstić information content (AvgIpc) is 2.60. The number of ether oxygens (including phenoxy) is 3. The predicted molar refractivity (Wildman–Crippen MR) is 80.3 cm³/mol. The molecule has 0 aliphatic heterocycles. The van der Waals surface area contributed by atoms with Crippen molar-refractivity contribution < 1.29 is 19.0 Å². The molecule has 23 heavy (non-hydrogen) atoms. The maximum Gasteiger partial charge on any atom is 0.341 e. The second kappa shape index (κ2) is 6.97. The van der Waals surface area contributed by atoms with E-state index in [1.165, 1.54) is 38.5 Å². The van der Waals surface area contributed by atoms with E-state index in [1.807, 2.05) is 12.1 Å². The number of hydrogen-bond donors (Lipinski definition) is 0. The largest absolute Gasteiger partial charge is 0.497 e. The molecule has 0 fully saturated rings. The SMILES string of the molecule is COC(=O)c1ccc(OC)cc1Oc1ccc(C#N)c(C#N)c1. The first-order chi connectivity index (χ1) is 11.1. The highest BCUT2D eigenvalue weighted by Gasteiger charge is 2.15. The van der Waals surface area contributed by atoms with Crippen molar-refractivity contribution in [1.82, 2.24) is 0 Å². The number of esters is 1. The fraction of sp³-hybridized carbons (Fsp3) is 0.118. The van der Waals surface area contributed by atoms with Gasteiger partial charge in [0, 0.05) is 6.07 Å². The minimum Gasteiger partial charge on any atom is -0.497 e. The molecule has 0 radical (unpaired) electrons. The Labute approximate surface area is 133 Å². The quantitative estimate of drug-likeness (QED) is 0.806. The van der Waals surface area contributed by atoms with Crippen molar-refractivity contribution in [2.45, 2.75) is 0 Å². The number of benzene rings is 2. The highest BCUT2D eigenvalue weighted by Crippen LogP contribution is 2.30. The zero-order valence-corrected chi connectivity index (χ0v) is 12.5. The van der Waals surface area contributed by atoms with E-state index in [4.69, 9.17) is 24.7 Å². The summed E-state index contributed by atoms with van der Waals surface area (Å²) >= 11 is 0. The Morgan fingerprint density at radius 3 is 2.26 bits per heavy atom. The van der Waals surface area contributed by atoms with Gasteiger partial charge >= 0.3 is 5.97 Å². The summed E-state index contributed by atoms with van der Waals surface area (Å²) in [5.74, 6) is 0.488. The zero-order chi connectivity index (χ0) is 16.8. The van der Waals surface area contributed by atoms with Crippen LogP contribution in [0.15, 0.2) is 36.4 Å². The fourth-order valence-electron chi connectivity index (χ4n) is 1.90. The average molecular weight is 308 g/mol. The fourth-order valence-corrected chi connectivity index (χ4v) is 1.90. The van der Waals surface area contributed by atoms with Crippen LogP contribution >= 0.6 is 0 Å². The highest BCUT2D eigenvalue weighted by atomic mass is 16.5. The van der Waals surface area contributed by atoms with Gasteiger partial charge in [0.25, 0.3) is 0 Å². The molecule has 6 heteroatoms. The van der Waals surface area contributed by atoms with E-state index in [1.54, 1.807) is 12.1 Å². The van der Waals surface area contributed by atoms with Crippen LogP contribution in [0.3, 0.4) is 0 Å². The smallest absolute Gasteiger partial charge is 0.341 e. The molecule has 0 amide bonds. The summed E-state index contributed by atoms with van der Waals surface area (Å²) in [6, 6.07) is 13.0. The minimum atomic E-state index is -0.559. The second-order valence-corrected chi connectivity index (χ2v) is 4.39. The Morgan fingerprint density at radius 2 is 1.65 bits per heavy atom. The summed E-state index contributed by atoms with van der Waals surface area (Å²) in [5.41, 5.74) is 0.655. The molecule has 2 rings (SSSR count). The Morgan fingerprint density at radius 1 is 0.957 bits per heavy atom. The molecule has 0 saturated carbocycles.